The molecule has 0 radical (unpaired) electrons. The number of thioether (sulfide) groups is 1. The third kappa shape index (κ3) is 19.1. The second kappa shape index (κ2) is 32.8. The van der Waals surface area contributed by atoms with Crippen molar-refractivity contribution in [1.82, 2.24) is 25.1 Å². The number of hydroxylamine groups is 2. The number of esters is 1. The lowest BCUT2D eigenvalue weighted by molar-refractivity contribution is -0.196. The SMILES string of the molecule is COC1=C(C)C2CC(=C1)CC(C)CCCC(OC)C1(O)C[C@H](OC(=O)N1)[C@@H](C)[C@@H]1O[C@@]1(C)[C@@H](OC(=O)[C@H](C)N(C)C(=O)CCSC(=O)N(C)CCN(C)C(=O)OCc1ccc(NC(=O)OC3/C=C/CCCCC3)c(NCC(=O)ON3C(=O)CCC3=O)c1)CC(O)C2C. The molecule has 26 nitrogen and oxygen atoms in total. The largest absolute Gasteiger partial charge is 0.497 e. The van der Waals surface area contributed by atoms with Gasteiger partial charge >= 0.3 is 30.2 Å². The van der Waals surface area contributed by atoms with Crippen molar-refractivity contribution in [1.29, 1.82) is 0 Å². The van der Waals surface area contributed by atoms with Gasteiger partial charge in [-0.2, -0.15) is 0 Å². The Labute approximate surface area is 543 Å². The van der Waals surface area contributed by atoms with Crippen LogP contribution in [0.2, 0.25) is 0 Å². The van der Waals surface area contributed by atoms with E-state index in [0.29, 0.717) is 29.9 Å². The van der Waals surface area contributed by atoms with Crippen LogP contribution in [0.5, 0.6) is 0 Å². The normalized spacial score (nSPS) is 29.2. The van der Waals surface area contributed by atoms with E-state index in [4.69, 9.17) is 38.0 Å². The Morgan fingerprint density at radius 1 is 0.902 bits per heavy atom. The van der Waals surface area contributed by atoms with Gasteiger partial charge < -0.3 is 68.2 Å². The number of fused-ring (bicyclic) bond motifs is 5. The van der Waals surface area contributed by atoms with Crippen molar-refractivity contribution >= 4 is 76.3 Å². The molecule has 6 aliphatic rings. The summed E-state index contributed by atoms with van der Waals surface area (Å²) in [6.45, 7) is 10.7. The number of anilines is 2. The summed E-state index contributed by atoms with van der Waals surface area (Å²) in [5.74, 6) is -3.32. The minimum absolute atomic E-state index is 0.00399. The number of nitrogens with one attached hydrogen (secondary N) is 3. The van der Waals surface area contributed by atoms with E-state index in [1.165, 1.54) is 60.5 Å². The maximum atomic E-state index is 14.3. The lowest BCUT2D eigenvalue weighted by atomic mass is 9.73. The van der Waals surface area contributed by atoms with Gasteiger partial charge in [0.25, 0.3) is 17.1 Å². The Morgan fingerprint density at radius 3 is 2.35 bits per heavy atom. The number of imide groups is 1. The van der Waals surface area contributed by atoms with Gasteiger partial charge in [-0.1, -0.05) is 69.5 Å². The van der Waals surface area contributed by atoms with Crippen molar-refractivity contribution < 1.29 is 91.4 Å². The summed E-state index contributed by atoms with van der Waals surface area (Å²) < 4.78 is 41.5. The molecule has 0 spiro atoms. The molecule has 5 N–H and O–H groups in total. The molecule has 3 heterocycles. The Kier molecular flexibility index (Phi) is 25.8. The third-order valence-corrected chi connectivity index (χ3v) is 19.7. The van der Waals surface area contributed by atoms with Crippen molar-refractivity contribution in [2.75, 3.05) is 71.4 Å². The maximum absolute atomic E-state index is 14.3. The molecule has 3 aliphatic heterocycles. The van der Waals surface area contributed by atoms with E-state index in [1.54, 1.807) is 27.1 Å². The van der Waals surface area contributed by atoms with E-state index in [-0.39, 0.29) is 91.9 Å². The van der Waals surface area contributed by atoms with Crippen molar-refractivity contribution in [2.45, 2.75) is 198 Å². The molecule has 7 unspecified atom stereocenters. The summed E-state index contributed by atoms with van der Waals surface area (Å²) in [7, 11) is 7.64. The van der Waals surface area contributed by atoms with E-state index >= 15 is 0 Å². The highest BCUT2D eigenvalue weighted by Crippen LogP contribution is 2.50. The van der Waals surface area contributed by atoms with Crippen LogP contribution in [0.4, 0.5) is 30.6 Å². The number of alkyl carbamates (subject to hydrolysis) is 1. The van der Waals surface area contributed by atoms with Gasteiger partial charge in [0.1, 0.15) is 55.0 Å². The predicted molar refractivity (Wildman–Crippen MR) is 338 cm³/mol. The number of aliphatic hydroxyl groups is 2. The molecule has 3 aliphatic carbocycles. The second-order valence-corrected chi connectivity index (χ2v) is 26.6. The highest BCUT2D eigenvalue weighted by Gasteiger charge is 2.64. The van der Waals surface area contributed by atoms with E-state index in [9.17, 15) is 53.4 Å². The van der Waals surface area contributed by atoms with Crippen LogP contribution in [0.25, 0.3) is 0 Å². The Balaban J connectivity index is 0.915. The summed E-state index contributed by atoms with van der Waals surface area (Å²) in [6, 6.07) is 3.54. The van der Waals surface area contributed by atoms with Gasteiger partial charge in [-0.05, 0) is 119 Å². The summed E-state index contributed by atoms with van der Waals surface area (Å²) in [5, 5.41) is 32.4. The zero-order chi connectivity index (χ0) is 67.2. The summed E-state index contributed by atoms with van der Waals surface area (Å²) in [6.07, 6.45) is 6.64. The molecular formula is C65H95N7O19S. The van der Waals surface area contributed by atoms with E-state index in [1.807, 2.05) is 32.9 Å². The van der Waals surface area contributed by atoms with Gasteiger partial charge in [-0.25, -0.2) is 24.0 Å². The predicted octanol–water partition coefficient (Wildman–Crippen LogP) is 8.10. The molecule has 4 fully saturated rings. The van der Waals surface area contributed by atoms with E-state index < -0.39 is 114 Å². The fraction of sp³-hybridized carbons (Fsp3) is 0.677. The van der Waals surface area contributed by atoms with Gasteiger partial charge in [-0.3, -0.25) is 29.8 Å². The Hall–Kier alpha value is -6.94. The fourth-order valence-electron chi connectivity index (χ4n) is 12.6. The maximum Gasteiger partial charge on any atom is 0.412 e. The number of hydrogen-bond acceptors (Lipinski definition) is 21. The Morgan fingerprint density at radius 2 is 1.63 bits per heavy atom. The second-order valence-electron chi connectivity index (χ2n) is 25.6. The molecule has 1 aromatic carbocycles. The molecule has 510 valence electrons. The van der Waals surface area contributed by atoms with E-state index in [0.717, 1.165) is 68.0 Å². The molecule has 13 atom stereocenters. The number of allylic oxidation sites excluding steroid dienone is 4. The average Bonchev–Trinajstić information content (AvgIpc) is 1.57. The van der Waals surface area contributed by atoms with Gasteiger partial charge in [0.05, 0.1) is 30.7 Å². The Bertz CT molecular complexity index is 2930. The first-order chi connectivity index (χ1) is 43.6. The number of rotatable bonds is 19. The van der Waals surface area contributed by atoms with Crippen molar-refractivity contribution in [3.8, 4) is 0 Å². The van der Waals surface area contributed by atoms with Gasteiger partial charge in [0, 0.05) is 85.1 Å². The molecule has 27 heteroatoms. The third-order valence-electron chi connectivity index (χ3n) is 18.7. The zero-order valence-electron chi connectivity index (χ0n) is 55.0. The molecule has 7 rings (SSSR count). The number of benzene rings is 1. The molecule has 1 aromatic rings. The minimum atomic E-state index is -1.75. The molecule has 92 heavy (non-hydrogen) atoms. The van der Waals surface area contributed by atoms with Crippen LogP contribution in [0.1, 0.15) is 143 Å². The number of nitrogens with zero attached hydrogens (tertiary/aromatic N) is 4. The quantitative estimate of drug-likeness (QED) is 0.0287. The fourth-order valence-corrected chi connectivity index (χ4v) is 13.4. The highest BCUT2D eigenvalue weighted by atomic mass is 32.2. The smallest absolute Gasteiger partial charge is 0.412 e. The highest BCUT2D eigenvalue weighted by molar-refractivity contribution is 8.13. The van der Waals surface area contributed by atoms with Crippen LogP contribution in [0.3, 0.4) is 0 Å². The lowest BCUT2D eigenvalue weighted by Gasteiger charge is -2.43. The molecular weight excluding hydrogens is 1210 g/mol. The van der Waals surface area contributed by atoms with Crippen LogP contribution >= 0.6 is 11.8 Å². The average molecular weight is 1310 g/mol. The lowest BCUT2D eigenvalue weighted by Crippen LogP contribution is -2.64. The minimum Gasteiger partial charge on any atom is -0.497 e. The number of hydrogen-bond donors (Lipinski definition) is 5. The molecule has 4 bridgehead atoms. The van der Waals surface area contributed by atoms with Gasteiger partial charge in [0.15, 0.2) is 5.72 Å². The number of methoxy groups -OCH3 is 2. The van der Waals surface area contributed by atoms with Crippen LogP contribution in [0.15, 0.2) is 53.3 Å². The van der Waals surface area contributed by atoms with Crippen molar-refractivity contribution in [3.63, 3.8) is 0 Å². The molecule has 3 saturated heterocycles. The number of likely N-dealkylation sites (N-methyl/N-ethyl adjacent to an activating group) is 3. The van der Waals surface area contributed by atoms with Crippen LogP contribution in [-0.2, 0) is 68.6 Å². The number of epoxide rings is 1. The monoisotopic (exact) mass is 1310 g/mol. The number of carbonyl (C=O) groups excluding carboxylic acids is 9. The molecule has 7 amide bonds. The topological polar surface area (TPSA) is 320 Å². The number of amides is 7. The van der Waals surface area contributed by atoms with E-state index in [2.05, 4.69) is 29.0 Å². The van der Waals surface area contributed by atoms with Gasteiger partial charge in [-0.15, -0.1) is 5.06 Å². The number of ether oxygens (including phenoxy) is 7. The molecule has 0 aromatic heterocycles. The van der Waals surface area contributed by atoms with Crippen LogP contribution in [-0.4, -0.2) is 198 Å². The summed E-state index contributed by atoms with van der Waals surface area (Å²) in [5.41, 5.74) is 0.121. The van der Waals surface area contributed by atoms with Gasteiger partial charge in [0.2, 0.25) is 5.91 Å². The van der Waals surface area contributed by atoms with Crippen LogP contribution < -0.4 is 16.0 Å². The summed E-state index contributed by atoms with van der Waals surface area (Å²) >= 11 is 0.885. The first-order valence-corrected chi connectivity index (χ1v) is 33.0. The first kappa shape index (κ1) is 72.5. The summed E-state index contributed by atoms with van der Waals surface area (Å²) in [4.78, 5) is 126. The number of aliphatic hydroxyl groups excluding tert-OH is 1. The molecule has 1 saturated carbocycles. The first-order valence-electron chi connectivity index (χ1n) is 32.0. The van der Waals surface area contributed by atoms with Crippen LogP contribution in [0, 0.1) is 23.7 Å². The zero-order valence-corrected chi connectivity index (χ0v) is 55.8. The van der Waals surface area contributed by atoms with Crippen molar-refractivity contribution in [3.05, 3.63) is 58.9 Å². The standard InChI is InChI=1S/C65H95N7O19S/c1-38-18-17-21-52(85-11)65(83)35-51(88-61(80)68-65)41(4)58-64(6,90-58)53(34-49(73)39(2)46-31-44(30-38)33-50(84-10)40(46)3)89-59(78)42(5)71(9)54(74)26-29-92-63(82)70(8)28-27-69(7)62(81)86-37-43-22-23-47(67-60(79)87-45-19-15-13-12-14-16-20-45)48(32-43)66-36-57(77)91-72-55(75)24-25-56(72)76/h15,19,22-23,32-33,38-39,41-42,45-46,49,51-53,58,66,73,83H,12-14,16-18,20-21,24-31,34-37H2,1-11H3,(H,67,79)(H,68,80)/b19-15+/t38?,39?,41-,42+,45?,46?,49?,51+,52?,53+,58+,64+,65?/m1/s1. The van der Waals surface area contributed by atoms with Crippen molar-refractivity contribution in [2.24, 2.45) is 23.7 Å². The number of carbonyl (C=O) groups is 9.